The van der Waals surface area contributed by atoms with Crippen LogP contribution in [0.2, 0.25) is 0 Å². The second kappa shape index (κ2) is 6.36. The van der Waals surface area contributed by atoms with Gasteiger partial charge in [-0.3, -0.25) is 9.78 Å². The number of aromatic nitrogens is 2. The van der Waals surface area contributed by atoms with Gasteiger partial charge in [-0.1, -0.05) is 6.07 Å². The van der Waals surface area contributed by atoms with Gasteiger partial charge in [0.2, 0.25) is 0 Å². The lowest BCUT2D eigenvalue weighted by Crippen LogP contribution is -2.12. The standard InChI is InChI=1S/C16H13N3O2S/c1-21-13-4-2-3-12(9-13)18-15(20)14-10-22-16(19-14)11-5-7-17-8-6-11/h2-10H,1H3,(H,18,20). The van der Waals surface area contributed by atoms with Crippen molar-refractivity contribution in [3.8, 4) is 16.3 Å². The lowest BCUT2D eigenvalue weighted by molar-refractivity contribution is 0.102. The largest absolute Gasteiger partial charge is 0.497 e. The lowest BCUT2D eigenvalue weighted by Gasteiger charge is -2.05. The Morgan fingerprint density at radius 3 is 2.82 bits per heavy atom. The molecule has 0 aliphatic rings. The van der Waals surface area contributed by atoms with Gasteiger partial charge in [0, 0.05) is 35.1 Å². The van der Waals surface area contributed by atoms with Crippen LogP contribution in [0.4, 0.5) is 5.69 Å². The molecule has 1 amide bonds. The Bertz CT molecular complexity index is 787. The number of rotatable bonds is 4. The van der Waals surface area contributed by atoms with Crippen molar-refractivity contribution in [2.75, 3.05) is 12.4 Å². The molecule has 2 heterocycles. The molecule has 0 aliphatic heterocycles. The number of hydrogen-bond donors (Lipinski definition) is 1. The molecule has 0 bridgehead atoms. The first-order chi connectivity index (χ1) is 10.8. The van der Waals surface area contributed by atoms with Gasteiger partial charge in [-0.05, 0) is 24.3 Å². The van der Waals surface area contributed by atoms with Crippen molar-refractivity contribution >= 4 is 22.9 Å². The van der Waals surface area contributed by atoms with Crippen LogP contribution in [0.25, 0.3) is 10.6 Å². The zero-order valence-electron chi connectivity index (χ0n) is 11.8. The summed E-state index contributed by atoms with van der Waals surface area (Å²) in [6.45, 7) is 0. The van der Waals surface area contributed by atoms with Crippen LogP contribution in [0, 0.1) is 0 Å². The number of methoxy groups -OCH3 is 1. The summed E-state index contributed by atoms with van der Waals surface area (Å²) in [7, 11) is 1.59. The normalized spacial score (nSPS) is 10.2. The molecule has 0 aliphatic carbocycles. The summed E-state index contributed by atoms with van der Waals surface area (Å²) in [5.41, 5.74) is 2.00. The van der Waals surface area contributed by atoms with E-state index in [-0.39, 0.29) is 5.91 Å². The molecule has 0 saturated heterocycles. The van der Waals surface area contributed by atoms with Crippen LogP contribution in [-0.2, 0) is 0 Å². The first kappa shape index (κ1) is 14.2. The molecular weight excluding hydrogens is 298 g/mol. The molecular formula is C16H13N3O2S. The zero-order chi connectivity index (χ0) is 15.4. The molecule has 0 radical (unpaired) electrons. The lowest BCUT2D eigenvalue weighted by atomic mass is 10.3. The van der Waals surface area contributed by atoms with Gasteiger partial charge in [0.15, 0.2) is 0 Å². The SMILES string of the molecule is COc1cccc(NC(=O)c2csc(-c3ccncc3)n2)c1. The third kappa shape index (κ3) is 3.12. The fourth-order valence-corrected chi connectivity index (χ4v) is 2.71. The topological polar surface area (TPSA) is 64.1 Å². The van der Waals surface area contributed by atoms with Crippen molar-refractivity contribution in [2.24, 2.45) is 0 Å². The van der Waals surface area contributed by atoms with E-state index in [0.29, 0.717) is 17.1 Å². The minimum absolute atomic E-state index is 0.246. The Kier molecular flexibility index (Phi) is 4.11. The van der Waals surface area contributed by atoms with Gasteiger partial charge in [0.1, 0.15) is 16.5 Å². The van der Waals surface area contributed by atoms with Gasteiger partial charge in [0.05, 0.1) is 7.11 Å². The Balaban J connectivity index is 1.77. The van der Waals surface area contributed by atoms with Crippen LogP contribution in [0.5, 0.6) is 5.75 Å². The molecule has 0 spiro atoms. The van der Waals surface area contributed by atoms with E-state index in [1.54, 1.807) is 37.0 Å². The molecule has 22 heavy (non-hydrogen) atoms. The number of nitrogens with one attached hydrogen (secondary N) is 1. The van der Waals surface area contributed by atoms with E-state index in [9.17, 15) is 4.79 Å². The number of hydrogen-bond acceptors (Lipinski definition) is 5. The number of amides is 1. The average Bonchev–Trinajstić information content (AvgIpc) is 3.06. The highest BCUT2D eigenvalue weighted by Gasteiger charge is 2.12. The third-order valence-electron chi connectivity index (χ3n) is 2.99. The predicted octanol–water partition coefficient (Wildman–Crippen LogP) is 3.47. The number of benzene rings is 1. The molecule has 2 aromatic heterocycles. The number of carbonyl (C=O) groups excluding carboxylic acids is 1. The average molecular weight is 311 g/mol. The third-order valence-corrected chi connectivity index (χ3v) is 3.88. The van der Waals surface area contributed by atoms with E-state index < -0.39 is 0 Å². The second-order valence-electron chi connectivity index (χ2n) is 4.46. The predicted molar refractivity (Wildman–Crippen MR) is 86.3 cm³/mol. The first-order valence-electron chi connectivity index (χ1n) is 6.57. The van der Waals surface area contributed by atoms with E-state index in [2.05, 4.69) is 15.3 Å². The zero-order valence-corrected chi connectivity index (χ0v) is 12.6. The van der Waals surface area contributed by atoms with Crippen molar-refractivity contribution in [1.82, 2.24) is 9.97 Å². The van der Waals surface area contributed by atoms with Crippen LogP contribution >= 0.6 is 11.3 Å². The fourth-order valence-electron chi connectivity index (χ4n) is 1.90. The van der Waals surface area contributed by atoms with Gasteiger partial charge >= 0.3 is 0 Å². The highest BCUT2D eigenvalue weighted by atomic mass is 32.1. The summed E-state index contributed by atoms with van der Waals surface area (Å²) in [6, 6.07) is 10.9. The molecule has 110 valence electrons. The Labute approximate surface area is 131 Å². The molecule has 1 N–H and O–H groups in total. The number of thiazole rings is 1. The van der Waals surface area contributed by atoms with Gasteiger partial charge in [0.25, 0.3) is 5.91 Å². The Hall–Kier alpha value is -2.73. The van der Waals surface area contributed by atoms with Crippen molar-refractivity contribution in [3.63, 3.8) is 0 Å². The van der Waals surface area contributed by atoms with Gasteiger partial charge in [-0.2, -0.15) is 0 Å². The molecule has 3 rings (SSSR count). The number of pyridine rings is 1. The fraction of sp³-hybridized carbons (Fsp3) is 0.0625. The minimum Gasteiger partial charge on any atom is -0.497 e. The molecule has 0 saturated carbocycles. The van der Waals surface area contributed by atoms with Crippen molar-refractivity contribution in [3.05, 3.63) is 59.9 Å². The quantitative estimate of drug-likeness (QED) is 0.801. The van der Waals surface area contributed by atoms with Crippen molar-refractivity contribution < 1.29 is 9.53 Å². The number of carbonyl (C=O) groups is 1. The van der Waals surface area contributed by atoms with Crippen LogP contribution in [0.3, 0.4) is 0 Å². The van der Waals surface area contributed by atoms with Crippen LogP contribution in [0.1, 0.15) is 10.5 Å². The molecule has 0 unspecified atom stereocenters. The second-order valence-corrected chi connectivity index (χ2v) is 5.32. The number of anilines is 1. The molecule has 3 aromatic rings. The summed E-state index contributed by atoms with van der Waals surface area (Å²) in [5, 5.41) is 5.34. The summed E-state index contributed by atoms with van der Waals surface area (Å²) < 4.78 is 5.13. The summed E-state index contributed by atoms with van der Waals surface area (Å²) in [4.78, 5) is 20.6. The van der Waals surface area contributed by atoms with Crippen molar-refractivity contribution in [2.45, 2.75) is 0 Å². The number of nitrogens with zero attached hydrogens (tertiary/aromatic N) is 2. The van der Waals surface area contributed by atoms with Gasteiger partial charge < -0.3 is 10.1 Å². The maximum Gasteiger partial charge on any atom is 0.275 e. The first-order valence-corrected chi connectivity index (χ1v) is 7.45. The van der Waals surface area contributed by atoms with E-state index in [1.807, 2.05) is 24.3 Å². The maximum atomic E-state index is 12.2. The summed E-state index contributed by atoms with van der Waals surface area (Å²) in [5.74, 6) is 0.443. The smallest absolute Gasteiger partial charge is 0.275 e. The van der Waals surface area contributed by atoms with Crippen molar-refractivity contribution in [1.29, 1.82) is 0 Å². The van der Waals surface area contributed by atoms with Crippen LogP contribution in [-0.4, -0.2) is 23.0 Å². The van der Waals surface area contributed by atoms with E-state index in [4.69, 9.17) is 4.74 Å². The molecule has 0 atom stereocenters. The van der Waals surface area contributed by atoms with E-state index in [1.165, 1.54) is 11.3 Å². The summed E-state index contributed by atoms with van der Waals surface area (Å²) in [6.07, 6.45) is 3.40. The molecule has 0 fully saturated rings. The Morgan fingerprint density at radius 2 is 2.05 bits per heavy atom. The summed E-state index contributed by atoms with van der Waals surface area (Å²) >= 11 is 1.42. The number of ether oxygens (including phenoxy) is 1. The van der Waals surface area contributed by atoms with Crippen LogP contribution in [0.15, 0.2) is 54.2 Å². The molecule has 6 heteroatoms. The van der Waals surface area contributed by atoms with Crippen LogP contribution < -0.4 is 10.1 Å². The van der Waals surface area contributed by atoms with Gasteiger partial charge in [-0.15, -0.1) is 11.3 Å². The maximum absolute atomic E-state index is 12.2. The molecule has 1 aromatic carbocycles. The highest BCUT2D eigenvalue weighted by Crippen LogP contribution is 2.24. The minimum atomic E-state index is -0.246. The Morgan fingerprint density at radius 1 is 1.23 bits per heavy atom. The highest BCUT2D eigenvalue weighted by molar-refractivity contribution is 7.13. The van der Waals surface area contributed by atoms with E-state index >= 15 is 0 Å². The van der Waals surface area contributed by atoms with E-state index in [0.717, 1.165) is 10.6 Å². The monoisotopic (exact) mass is 311 g/mol. The van der Waals surface area contributed by atoms with Gasteiger partial charge in [-0.25, -0.2) is 4.98 Å². The molecule has 5 nitrogen and oxygen atoms in total.